The van der Waals surface area contributed by atoms with Crippen molar-refractivity contribution >= 4 is 35.2 Å². The van der Waals surface area contributed by atoms with Crippen molar-refractivity contribution in [1.82, 2.24) is 15.5 Å². The van der Waals surface area contributed by atoms with Gasteiger partial charge in [-0.15, -0.1) is 0 Å². The van der Waals surface area contributed by atoms with Crippen LogP contribution in [0.15, 0.2) is 42.5 Å². The Hall–Kier alpha value is -4.12. The minimum Gasteiger partial charge on any atom is -0.495 e. The van der Waals surface area contributed by atoms with Gasteiger partial charge in [-0.3, -0.25) is 9.59 Å². The first-order valence-electron chi connectivity index (χ1n) is 13.6. The van der Waals surface area contributed by atoms with Crippen LogP contribution in [-0.4, -0.2) is 73.2 Å². The second-order valence-electron chi connectivity index (χ2n) is 10.4. The number of benzene rings is 2. The van der Waals surface area contributed by atoms with E-state index >= 15 is 0 Å². The molecule has 0 radical (unpaired) electrons. The zero-order valence-corrected chi connectivity index (χ0v) is 22.9. The third-order valence-corrected chi connectivity index (χ3v) is 7.54. The molecular formula is C29H37N5O6. The summed E-state index contributed by atoms with van der Waals surface area (Å²) in [5.41, 5.74) is 2.76. The highest BCUT2D eigenvalue weighted by atomic mass is 16.5. The highest BCUT2D eigenvalue weighted by molar-refractivity contribution is 6.01. The van der Waals surface area contributed by atoms with Gasteiger partial charge in [0.1, 0.15) is 5.75 Å². The Labute approximate surface area is 233 Å². The van der Waals surface area contributed by atoms with Crippen LogP contribution in [0, 0.1) is 18.8 Å². The molecule has 2 aromatic carbocycles. The molecule has 0 aromatic heterocycles. The summed E-state index contributed by atoms with van der Waals surface area (Å²) in [5.74, 6) is -1.32. The van der Waals surface area contributed by atoms with Crippen LogP contribution in [0.2, 0.25) is 0 Å². The summed E-state index contributed by atoms with van der Waals surface area (Å²) in [6.45, 7) is 3.86. The third kappa shape index (κ3) is 7.29. The smallest absolute Gasteiger partial charge is 0.323 e. The zero-order chi connectivity index (χ0) is 28.6. The number of nitrogens with zero attached hydrogens (tertiary/aromatic N) is 1. The van der Waals surface area contributed by atoms with Crippen molar-refractivity contribution in [1.29, 1.82) is 0 Å². The van der Waals surface area contributed by atoms with E-state index in [-0.39, 0.29) is 24.7 Å². The average Bonchev–Trinajstić information content (AvgIpc) is 3.48. The first-order chi connectivity index (χ1) is 19.2. The van der Waals surface area contributed by atoms with Gasteiger partial charge in [0.25, 0.3) is 0 Å². The normalized spacial score (nSPS) is 19.4. The highest BCUT2D eigenvalue weighted by Crippen LogP contribution is 2.27. The molecule has 2 fully saturated rings. The van der Waals surface area contributed by atoms with Crippen LogP contribution in [-0.2, 0) is 16.0 Å². The number of nitrogens with one attached hydrogen (secondary N) is 4. The lowest BCUT2D eigenvalue weighted by Crippen LogP contribution is -2.54. The van der Waals surface area contributed by atoms with Gasteiger partial charge >= 0.3 is 18.0 Å². The molecule has 0 spiro atoms. The van der Waals surface area contributed by atoms with Gasteiger partial charge in [-0.1, -0.05) is 24.3 Å². The molecular weight excluding hydrogens is 514 g/mol. The largest absolute Gasteiger partial charge is 0.495 e. The molecule has 11 nitrogen and oxygen atoms in total. The van der Waals surface area contributed by atoms with Crippen LogP contribution >= 0.6 is 0 Å². The second-order valence-corrected chi connectivity index (χ2v) is 10.4. The monoisotopic (exact) mass is 551 g/mol. The molecule has 2 aliphatic heterocycles. The summed E-state index contributed by atoms with van der Waals surface area (Å²) in [7, 11) is 1.49. The number of carboxylic acids is 1. The van der Waals surface area contributed by atoms with Gasteiger partial charge in [0.05, 0.1) is 24.8 Å². The number of aliphatic carboxylic acids is 1. The lowest BCUT2D eigenvalue weighted by Gasteiger charge is -2.33. The van der Waals surface area contributed by atoms with Gasteiger partial charge in [0, 0.05) is 31.7 Å². The van der Waals surface area contributed by atoms with E-state index in [1.807, 2.05) is 31.2 Å². The van der Waals surface area contributed by atoms with Gasteiger partial charge in [0.2, 0.25) is 0 Å². The molecule has 0 bridgehead atoms. The van der Waals surface area contributed by atoms with E-state index in [1.54, 1.807) is 18.2 Å². The summed E-state index contributed by atoms with van der Waals surface area (Å²) < 4.78 is 5.49. The molecule has 40 heavy (non-hydrogen) atoms. The van der Waals surface area contributed by atoms with Crippen molar-refractivity contribution < 1.29 is 29.0 Å². The quantitative estimate of drug-likeness (QED) is 0.321. The molecule has 5 N–H and O–H groups in total. The number of likely N-dealkylation sites (tertiary alicyclic amines) is 1. The fourth-order valence-corrected chi connectivity index (χ4v) is 5.26. The number of carboxylic acid groups (broad SMARTS) is 1. The van der Waals surface area contributed by atoms with E-state index in [1.165, 1.54) is 12.0 Å². The van der Waals surface area contributed by atoms with Gasteiger partial charge in [-0.25, -0.2) is 9.59 Å². The molecule has 2 saturated heterocycles. The van der Waals surface area contributed by atoms with E-state index in [9.17, 15) is 24.3 Å². The van der Waals surface area contributed by atoms with Crippen molar-refractivity contribution in [2.45, 2.75) is 38.6 Å². The fraction of sp³-hybridized carbons (Fsp3) is 0.448. The van der Waals surface area contributed by atoms with E-state index in [4.69, 9.17) is 4.74 Å². The molecule has 0 aliphatic carbocycles. The van der Waals surface area contributed by atoms with Gasteiger partial charge in [0.15, 0.2) is 5.78 Å². The van der Waals surface area contributed by atoms with E-state index < -0.39 is 30.0 Å². The highest BCUT2D eigenvalue weighted by Gasteiger charge is 2.35. The van der Waals surface area contributed by atoms with Gasteiger partial charge < -0.3 is 36.0 Å². The van der Waals surface area contributed by atoms with Crippen molar-refractivity contribution in [2.24, 2.45) is 11.8 Å². The van der Waals surface area contributed by atoms with Crippen molar-refractivity contribution in [2.75, 3.05) is 43.9 Å². The number of hydrogen-bond acceptors (Lipinski definition) is 6. The number of carbonyl (C=O) groups excluding carboxylic acids is 3. The molecule has 0 saturated carbocycles. The minimum absolute atomic E-state index is 0.0608. The topological polar surface area (TPSA) is 149 Å². The number of aryl methyl sites for hydroxylation is 1. The number of amides is 4. The number of hydrogen-bond donors (Lipinski definition) is 5. The Kier molecular flexibility index (Phi) is 9.60. The lowest BCUT2D eigenvalue weighted by molar-refractivity contribution is -0.143. The summed E-state index contributed by atoms with van der Waals surface area (Å²) in [4.78, 5) is 52.1. The standard InChI is InChI=1S/C29H37N5O6/c1-18-6-3-4-8-22(18)31-28(38)32-23-10-9-19(15-25(23)40-2)14-24(35)26(20-11-12-30-16-20)33-29(39)34-13-5-7-21(17-34)27(36)37/h3-4,6,8-10,15,20-21,26,30H,5,7,11-14,16-17H2,1-2H3,(H,33,39)(H,36,37)(H2,31,32,38). The van der Waals surface area contributed by atoms with Crippen LogP contribution in [0.25, 0.3) is 0 Å². The Morgan fingerprint density at radius 1 is 1.10 bits per heavy atom. The van der Waals surface area contributed by atoms with Crippen molar-refractivity contribution in [3.05, 3.63) is 53.6 Å². The van der Waals surface area contributed by atoms with Crippen molar-refractivity contribution in [3.63, 3.8) is 0 Å². The second kappa shape index (κ2) is 13.3. The number of ether oxygens (including phenoxy) is 1. The predicted molar refractivity (Wildman–Crippen MR) is 151 cm³/mol. The third-order valence-electron chi connectivity index (χ3n) is 7.54. The molecule has 11 heteroatoms. The summed E-state index contributed by atoms with van der Waals surface area (Å²) in [6.07, 6.45) is 1.95. The van der Waals surface area contributed by atoms with Gasteiger partial charge in [-0.05, 0) is 68.0 Å². The predicted octanol–water partition coefficient (Wildman–Crippen LogP) is 3.24. The lowest BCUT2D eigenvalue weighted by atomic mass is 9.91. The Balaban J connectivity index is 1.42. The maximum Gasteiger partial charge on any atom is 0.323 e. The number of urea groups is 2. The van der Waals surface area contributed by atoms with Gasteiger partial charge in [-0.2, -0.15) is 0 Å². The molecule has 2 heterocycles. The van der Waals surface area contributed by atoms with Crippen molar-refractivity contribution in [3.8, 4) is 5.75 Å². The average molecular weight is 552 g/mol. The summed E-state index contributed by atoms with van der Waals surface area (Å²) >= 11 is 0. The minimum atomic E-state index is -0.912. The molecule has 214 valence electrons. The van der Waals surface area contributed by atoms with Crippen LogP contribution in [0.5, 0.6) is 5.75 Å². The molecule has 2 aromatic rings. The van der Waals surface area contributed by atoms with E-state index in [0.717, 1.165) is 18.5 Å². The molecule has 3 unspecified atom stereocenters. The Morgan fingerprint density at radius 2 is 1.88 bits per heavy atom. The van der Waals surface area contributed by atoms with Crippen LogP contribution in [0.3, 0.4) is 0 Å². The number of rotatable bonds is 9. The first kappa shape index (κ1) is 28.9. The SMILES string of the molecule is COc1cc(CC(=O)C(NC(=O)N2CCCC(C(=O)O)C2)C2CCNC2)ccc1NC(=O)Nc1ccccc1C. The number of para-hydroxylation sites is 1. The maximum atomic E-state index is 13.5. The van der Waals surface area contributed by atoms with Crippen LogP contribution < -0.4 is 26.0 Å². The van der Waals surface area contributed by atoms with Crippen LogP contribution in [0.1, 0.15) is 30.4 Å². The number of piperidine rings is 1. The fourth-order valence-electron chi connectivity index (χ4n) is 5.26. The summed E-state index contributed by atoms with van der Waals surface area (Å²) in [6, 6.07) is 11.0. The van der Waals surface area contributed by atoms with E-state index in [0.29, 0.717) is 48.6 Å². The summed E-state index contributed by atoms with van der Waals surface area (Å²) in [5, 5.41) is 21.1. The molecule has 2 aliphatic rings. The Bertz CT molecular complexity index is 1250. The number of ketones is 1. The number of methoxy groups -OCH3 is 1. The molecule has 4 amide bonds. The van der Waals surface area contributed by atoms with Crippen LogP contribution in [0.4, 0.5) is 21.0 Å². The number of carbonyl (C=O) groups is 4. The first-order valence-corrected chi connectivity index (χ1v) is 13.6. The maximum absolute atomic E-state index is 13.5. The zero-order valence-electron chi connectivity index (χ0n) is 22.9. The molecule has 3 atom stereocenters. The number of Topliss-reactive ketones (excluding diaryl/α,β-unsaturated/α-hetero) is 1. The Morgan fingerprint density at radius 3 is 2.58 bits per heavy atom. The van der Waals surface area contributed by atoms with E-state index in [2.05, 4.69) is 21.3 Å². The molecule has 4 rings (SSSR count). The number of anilines is 2.